The lowest BCUT2D eigenvalue weighted by molar-refractivity contribution is -0.145. The first-order chi connectivity index (χ1) is 13.3. The van der Waals surface area contributed by atoms with E-state index in [1.54, 1.807) is 31.2 Å². The van der Waals surface area contributed by atoms with Gasteiger partial charge in [0.15, 0.2) is 0 Å². The van der Waals surface area contributed by atoms with E-state index in [0.29, 0.717) is 17.0 Å². The van der Waals surface area contributed by atoms with E-state index in [-0.39, 0.29) is 23.5 Å². The number of esters is 2. The average molecular weight is 405 g/mol. The molecule has 2 aromatic carbocycles. The Labute approximate surface area is 162 Å². The van der Waals surface area contributed by atoms with Crippen LogP contribution in [0, 0.1) is 6.92 Å². The number of anilines is 1. The highest BCUT2D eigenvalue weighted by molar-refractivity contribution is 7.92. The molecular weight excluding hydrogens is 386 g/mol. The third kappa shape index (κ3) is 4.25. The molecule has 0 saturated carbocycles. The average Bonchev–Trinajstić information content (AvgIpc) is 3.06. The summed E-state index contributed by atoms with van der Waals surface area (Å²) in [5.74, 6) is -0.785. The quantitative estimate of drug-likeness (QED) is 0.735. The highest BCUT2D eigenvalue weighted by Gasteiger charge is 2.31. The number of sulfonamides is 1. The molecule has 0 spiro atoms. The minimum atomic E-state index is -3.93. The Morgan fingerprint density at radius 2 is 1.89 bits per heavy atom. The van der Waals surface area contributed by atoms with Crippen molar-refractivity contribution in [3.8, 4) is 5.75 Å². The largest absolute Gasteiger partial charge is 0.497 e. The topological polar surface area (TPSA) is 108 Å². The first kappa shape index (κ1) is 19.7. The van der Waals surface area contributed by atoms with Crippen LogP contribution in [0.3, 0.4) is 0 Å². The van der Waals surface area contributed by atoms with Crippen LogP contribution in [-0.2, 0) is 24.3 Å². The fraction of sp³-hybridized carbons (Fsp3) is 0.263. The predicted octanol–water partition coefficient (Wildman–Crippen LogP) is 2.28. The number of aryl methyl sites for hydroxylation is 1. The maximum Gasteiger partial charge on any atom is 0.347 e. The second kappa shape index (κ2) is 7.89. The van der Waals surface area contributed by atoms with Gasteiger partial charge in [-0.1, -0.05) is 6.07 Å². The van der Waals surface area contributed by atoms with Gasteiger partial charge < -0.3 is 14.2 Å². The maximum absolute atomic E-state index is 12.7. The van der Waals surface area contributed by atoms with Crippen molar-refractivity contribution in [2.24, 2.45) is 0 Å². The molecule has 1 unspecified atom stereocenters. The first-order valence-corrected chi connectivity index (χ1v) is 9.93. The molecule has 3 rings (SSSR count). The van der Waals surface area contributed by atoms with E-state index in [9.17, 15) is 18.0 Å². The lowest BCUT2D eigenvalue weighted by Gasteiger charge is -2.13. The van der Waals surface area contributed by atoms with Crippen LogP contribution in [0.15, 0.2) is 47.4 Å². The molecule has 8 nitrogen and oxygen atoms in total. The molecule has 0 aliphatic carbocycles. The van der Waals surface area contributed by atoms with Crippen molar-refractivity contribution in [2.45, 2.75) is 24.3 Å². The summed E-state index contributed by atoms with van der Waals surface area (Å²) in [5, 5.41) is 0. The van der Waals surface area contributed by atoms with Gasteiger partial charge in [-0.25, -0.2) is 18.0 Å². The normalized spacial score (nSPS) is 16.4. The summed E-state index contributed by atoms with van der Waals surface area (Å²) in [4.78, 5) is 23.8. The summed E-state index contributed by atoms with van der Waals surface area (Å²) >= 11 is 0. The predicted molar refractivity (Wildman–Crippen MR) is 99.8 cm³/mol. The third-order valence-electron chi connectivity index (χ3n) is 4.22. The molecule has 1 aliphatic rings. The minimum Gasteiger partial charge on any atom is -0.497 e. The zero-order chi connectivity index (χ0) is 20.3. The van der Waals surface area contributed by atoms with Crippen LogP contribution in [-0.4, -0.2) is 40.2 Å². The van der Waals surface area contributed by atoms with E-state index in [1.165, 1.54) is 25.3 Å². The fourth-order valence-electron chi connectivity index (χ4n) is 2.64. The molecule has 1 N–H and O–H groups in total. The van der Waals surface area contributed by atoms with Gasteiger partial charge in [-0.15, -0.1) is 0 Å². The third-order valence-corrected chi connectivity index (χ3v) is 5.60. The SMILES string of the molecule is COc1ccc(NS(=O)(=O)c2ccc(C)c(C(=O)OC3CCOC3=O)c2)cc1. The summed E-state index contributed by atoms with van der Waals surface area (Å²) in [6, 6.07) is 10.5. The van der Waals surface area contributed by atoms with Crippen molar-refractivity contribution in [3.63, 3.8) is 0 Å². The van der Waals surface area contributed by atoms with Crippen molar-refractivity contribution < 1.29 is 32.2 Å². The lowest BCUT2D eigenvalue weighted by atomic mass is 10.1. The number of hydrogen-bond donors (Lipinski definition) is 1. The number of methoxy groups -OCH3 is 1. The molecule has 1 aliphatic heterocycles. The van der Waals surface area contributed by atoms with Crippen LogP contribution in [0.2, 0.25) is 0 Å². The first-order valence-electron chi connectivity index (χ1n) is 8.45. The molecule has 28 heavy (non-hydrogen) atoms. The van der Waals surface area contributed by atoms with Gasteiger partial charge >= 0.3 is 11.9 Å². The van der Waals surface area contributed by atoms with Crippen LogP contribution < -0.4 is 9.46 Å². The molecular formula is C19H19NO7S. The number of rotatable bonds is 6. The van der Waals surface area contributed by atoms with Crippen LogP contribution in [0.1, 0.15) is 22.3 Å². The Bertz CT molecular complexity index is 999. The van der Waals surface area contributed by atoms with Crippen molar-refractivity contribution in [1.29, 1.82) is 0 Å². The summed E-state index contributed by atoms with van der Waals surface area (Å²) in [6.07, 6.45) is -0.690. The Morgan fingerprint density at radius 1 is 1.18 bits per heavy atom. The summed E-state index contributed by atoms with van der Waals surface area (Å²) in [6.45, 7) is 1.84. The summed E-state index contributed by atoms with van der Waals surface area (Å²) in [7, 11) is -2.42. The molecule has 0 radical (unpaired) electrons. The maximum atomic E-state index is 12.7. The Morgan fingerprint density at radius 3 is 2.50 bits per heavy atom. The second-order valence-electron chi connectivity index (χ2n) is 6.16. The van der Waals surface area contributed by atoms with Gasteiger partial charge in [0.1, 0.15) is 5.75 Å². The lowest BCUT2D eigenvalue weighted by Crippen LogP contribution is -2.23. The van der Waals surface area contributed by atoms with Crippen molar-refractivity contribution in [3.05, 3.63) is 53.6 Å². The van der Waals surface area contributed by atoms with Gasteiger partial charge in [0.2, 0.25) is 6.10 Å². The molecule has 1 saturated heterocycles. The van der Waals surface area contributed by atoms with Gasteiger partial charge in [-0.2, -0.15) is 0 Å². The minimum absolute atomic E-state index is 0.0669. The van der Waals surface area contributed by atoms with Crippen LogP contribution in [0.25, 0.3) is 0 Å². The fourth-order valence-corrected chi connectivity index (χ4v) is 3.72. The zero-order valence-corrected chi connectivity index (χ0v) is 16.1. The molecule has 2 aromatic rings. The molecule has 0 amide bonds. The molecule has 1 atom stereocenters. The standard InChI is InChI=1S/C19H19NO7S/c1-12-3-8-15(11-16(12)18(21)27-17-9-10-26-19(17)22)28(23,24)20-13-4-6-14(25-2)7-5-13/h3-8,11,17,20H,9-10H2,1-2H3. The van der Waals surface area contributed by atoms with E-state index >= 15 is 0 Å². The Hall–Kier alpha value is -3.07. The number of cyclic esters (lactones) is 1. The Kier molecular flexibility index (Phi) is 5.55. The zero-order valence-electron chi connectivity index (χ0n) is 15.3. The molecule has 9 heteroatoms. The van der Waals surface area contributed by atoms with Crippen molar-refractivity contribution in [1.82, 2.24) is 0 Å². The molecule has 1 fully saturated rings. The number of carbonyl (C=O) groups is 2. The molecule has 0 aromatic heterocycles. The number of ether oxygens (including phenoxy) is 3. The van der Waals surface area contributed by atoms with Crippen LogP contribution >= 0.6 is 0 Å². The Balaban J connectivity index is 1.82. The monoisotopic (exact) mass is 405 g/mol. The highest BCUT2D eigenvalue weighted by Crippen LogP contribution is 2.22. The van der Waals surface area contributed by atoms with Crippen LogP contribution in [0.4, 0.5) is 5.69 Å². The molecule has 1 heterocycles. The number of carbonyl (C=O) groups excluding carboxylic acids is 2. The molecule has 148 valence electrons. The van der Waals surface area contributed by atoms with Crippen LogP contribution in [0.5, 0.6) is 5.75 Å². The number of nitrogens with one attached hydrogen (secondary N) is 1. The van der Waals surface area contributed by atoms with Gasteiger partial charge in [0.05, 0.1) is 24.2 Å². The smallest absolute Gasteiger partial charge is 0.347 e. The van der Waals surface area contributed by atoms with E-state index in [0.717, 1.165) is 0 Å². The van der Waals surface area contributed by atoms with Gasteiger partial charge in [0.25, 0.3) is 10.0 Å². The molecule has 0 bridgehead atoms. The van der Waals surface area contributed by atoms with Crippen molar-refractivity contribution in [2.75, 3.05) is 18.4 Å². The number of benzene rings is 2. The van der Waals surface area contributed by atoms with Gasteiger partial charge in [0, 0.05) is 12.1 Å². The number of hydrogen-bond acceptors (Lipinski definition) is 7. The summed E-state index contributed by atoms with van der Waals surface area (Å²) in [5.41, 5.74) is 0.941. The van der Waals surface area contributed by atoms with E-state index in [1.807, 2.05) is 0 Å². The van der Waals surface area contributed by atoms with Crippen molar-refractivity contribution >= 4 is 27.6 Å². The second-order valence-corrected chi connectivity index (χ2v) is 7.84. The van der Waals surface area contributed by atoms with Gasteiger partial charge in [-0.05, 0) is 48.9 Å². The van der Waals surface area contributed by atoms with E-state index < -0.39 is 28.1 Å². The van der Waals surface area contributed by atoms with E-state index in [2.05, 4.69) is 4.72 Å². The highest BCUT2D eigenvalue weighted by atomic mass is 32.2. The summed E-state index contributed by atoms with van der Waals surface area (Å²) < 4.78 is 42.7. The van der Waals surface area contributed by atoms with E-state index in [4.69, 9.17) is 14.2 Å². The van der Waals surface area contributed by atoms with Gasteiger partial charge in [-0.3, -0.25) is 4.72 Å².